The van der Waals surface area contributed by atoms with Gasteiger partial charge in [-0.25, -0.2) is 13.1 Å². The molecule has 5 heteroatoms. The minimum Gasteiger partial charge on any atom is -0.326 e. The Morgan fingerprint density at radius 1 is 1.21 bits per heavy atom. The van der Waals surface area contributed by atoms with Crippen molar-refractivity contribution >= 4 is 10.0 Å². The largest absolute Gasteiger partial charge is 0.326 e. The highest BCUT2D eigenvalue weighted by molar-refractivity contribution is 7.89. The van der Waals surface area contributed by atoms with Crippen LogP contribution in [0.2, 0.25) is 0 Å². The topological polar surface area (TPSA) is 72.2 Å². The summed E-state index contributed by atoms with van der Waals surface area (Å²) >= 11 is 0. The molecule has 19 heavy (non-hydrogen) atoms. The predicted molar refractivity (Wildman–Crippen MR) is 78.1 cm³/mol. The zero-order chi connectivity index (χ0) is 14.7. The van der Waals surface area contributed by atoms with Gasteiger partial charge in [-0.1, -0.05) is 39.8 Å². The molecule has 0 heterocycles. The van der Waals surface area contributed by atoms with Crippen LogP contribution >= 0.6 is 0 Å². The molecule has 0 aromatic heterocycles. The van der Waals surface area contributed by atoms with E-state index < -0.39 is 10.0 Å². The van der Waals surface area contributed by atoms with Crippen LogP contribution in [0.25, 0.3) is 0 Å². The second-order valence-corrected chi connectivity index (χ2v) is 7.73. The SMILES string of the molecule is CC(CNS(=O)(=O)c1ccc(CN)cc1)C(C)(C)C. The minimum atomic E-state index is -3.43. The van der Waals surface area contributed by atoms with Gasteiger partial charge in [-0.15, -0.1) is 0 Å². The molecule has 0 saturated carbocycles. The fourth-order valence-electron chi connectivity index (χ4n) is 1.43. The zero-order valence-corrected chi connectivity index (χ0v) is 12.9. The van der Waals surface area contributed by atoms with Crippen molar-refractivity contribution in [3.63, 3.8) is 0 Å². The molecule has 0 bridgehead atoms. The molecule has 1 unspecified atom stereocenters. The number of nitrogens with one attached hydrogen (secondary N) is 1. The van der Waals surface area contributed by atoms with Crippen LogP contribution in [-0.4, -0.2) is 15.0 Å². The van der Waals surface area contributed by atoms with Crippen molar-refractivity contribution in [1.82, 2.24) is 4.72 Å². The second kappa shape index (κ2) is 6.03. The van der Waals surface area contributed by atoms with Crippen LogP contribution in [0.3, 0.4) is 0 Å². The Bertz CT molecular complexity index is 501. The average molecular weight is 284 g/mol. The maximum Gasteiger partial charge on any atom is 0.240 e. The van der Waals surface area contributed by atoms with Gasteiger partial charge in [0.15, 0.2) is 0 Å². The molecule has 1 aromatic carbocycles. The normalized spacial score (nSPS) is 14.4. The molecule has 0 aliphatic rings. The number of hydrogen-bond acceptors (Lipinski definition) is 3. The van der Waals surface area contributed by atoms with E-state index >= 15 is 0 Å². The summed E-state index contributed by atoms with van der Waals surface area (Å²) in [5.41, 5.74) is 6.48. The van der Waals surface area contributed by atoms with Gasteiger partial charge in [0.1, 0.15) is 0 Å². The maximum absolute atomic E-state index is 12.1. The molecule has 1 aromatic rings. The molecular formula is C14H24N2O2S. The third-order valence-electron chi connectivity index (χ3n) is 3.53. The van der Waals surface area contributed by atoms with Crippen molar-refractivity contribution in [3.8, 4) is 0 Å². The number of nitrogens with two attached hydrogens (primary N) is 1. The number of sulfonamides is 1. The molecule has 0 radical (unpaired) electrons. The number of hydrogen-bond donors (Lipinski definition) is 2. The summed E-state index contributed by atoms with van der Waals surface area (Å²) in [5.74, 6) is 0.255. The monoisotopic (exact) mass is 284 g/mol. The van der Waals surface area contributed by atoms with Crippen molar-refractivity contribution in [1.29, 1.82) is 0 Å². The average Bonchev–Trinajstić information content (AvgIpc) is 2.35. The summed E-state index contributed by atoms with van der Waals surface area (Å²) in [5, 5.41) is 0. The molecule has 0 aliphatic heterocycles. The summed E-state index contributed by atoms with van der Waals surface area (Å²) in [4.78, 5) is 0.283. The Hall–Kier alpha value is -0.910. The Morgan fingerprint density at radius 2 is 1.74 bits per heavy atom. The molecule has 3 N–H and O–H groups in total. The van der Waals surface area contributed by atoms with E-state index in [1.807, 2.05) is 6.92 Å². The minimum absolute atomic E-state index is 0.0753. The first-order valence-corrected chi connectivity index (χ1v) is 7.94. The van der Waals surface area contributed by atoms with E-state index in [9.17, 15) is 8.42 Å². The van der Waals surface area contributed by atoms with Crippen molar-refractivity contribution in [2.45, 2.75) is 39.1 Å². The molecule has 1 rings (SSSR count). The lowest BCUT2D eigenvalue weighted by molar-refractivity contribution is 0.263. The summed E-state index contributed by atoms with van der Waals surface area (Å²) in [6, 6.07) is 6.65. The van der Waals surface area contributed by atoms with Crippen LogP contribution in [0.15, 0.2) is 29.2 Å². The molecule has 0 aliphatic carbocycles. The smallest absolute Gasteiger partial charge is 0.240 e. The van der Waals surface area contributed by atoms with Crippen LogP contribution < -0.4 is 10.5 Å². The van der Waals surface area contributed by atoms with E-state index in [1.54, 1.807) is 24.3 Å². The summed E-state index contributed by atoms with van der Waals surface area (Å²) in [7, 11) is -3.43. The van der Waals surface area contributed by atoms with Gasteiger partial charge in [0.2, 0.25) is 10.0 Å². The van der Waals surface area contributed by atoms with E-state index in [1.165, 1.54) is 0 Å². The van der Waals surface area contributed by atoms with Crippen molar-refractivity contribution in [2.75, 3.05) is 6.54 Å². The lowest BCUT2D eigenvalue weighted by Crippen LogP contribution is -2.33. The summed E-state index contributed by atoms with van der Waals surface area (Å²) < 4.78 is 26.9. The van der Waals surface area contributed by atoms with Crippen LogP contribution in [0, 0.1) is 11.3 Å². The lowest BCUT2D eigenvalue weighted by Gasteiger charge is -2.27. The molecular weight excluding hydrogens is 260 g/mol. The fraction of sp³-hybridized carbons (Fsp3) is 0.571. The van der Waals surface area contributed by atoms with E-state index in [0.717, 1.165) is 5.56 Å². The first kappa shape index (κ1) is 16.1. The Labute approximate surface area is 116 Å². The first-order chi connectivity index (χ1) is 8.66. The molecule has 108 valence electrons. The van der Waals surface area contributed by atoms with Crippen LogP contribution in [0.5, 0.6) is 0 Å². The van der Waals surface area contributed by atoms with Gasteiger partial charge in [-0.3, -0.25) is 0 Å². The maximum atomic E-state index is 12.1. The summed E-state index contributed by atoms with van der Waals surface area (Å²) in [6.07, 6.45) is 0. The quantitative estimate of drug-likeness (QED) is 0.870. The van der Waals surface area contributed by atoms with Gasteiger partial charge in [0.25, 0.3) is 0 Å². The molecule has 0 fully saturated rings. The highest BCUT2D eigenvalue weighted by atomic mass is 32.2. The molecule has 1 atom stereocenters. The van der Waals surface area contributed by atoms with Crippen LogP contribution in [-0.2, 0) is 16.6 Å². The number of benzene rings is 1. The van der Waals surface area contributed by atoms with E-state index in [-0.39, 0.29) is 16.2 Å². The Balaban J connectivity index is 2.76. The predicted octanol–water partition coefficient (Wildman–Crippen LogP) is 2.11. The van der Waals surface area contributed by atoms with E-state index in [2.05, 4.69) is 25.5 Å². The molecule has 0 spiro atoms. The van der Waals surface area contributed by atoms with Gasteiger partial charge in [-0.2, -0.15) is 0 Å². The van der Waals surface area contributed by atoms with Gasteiger partial charge in [0, 0.05) is 13.1 Å². The third kappa shape index (κ3) is 4.60. The standard InChI is InChI=1S/C14H24N2O2S/c1-11(14(2,3)4)10-16-19(17,18)13-7-5-12(9-15)6-8-13/h5-8,11,16H,9-10,15H2,1-4H3. The molecule has 4 nitrogen and oxygen atoms in total. The Morgan fingerprint density at radius 3 is 2.16 bits per heavy atom. The second-order valence-electron chi connectivity index (χ2n) is 5.97. The van der Waals surface area contributed by atoms with Crippen LogP contribution in [0.1, 0.15) is 33.3 Å². The van der Waals surface area contributed by atoms with Crippen molar-refractivity contribution < 1.29 is 8.42 Å². The fourth-order valence-corrected chi connectivity index (χ4v) is 2.56. The highest BCUT2D eigenvalue weighted by Crippen LogP contribution is 2.24. The van der Waals surface area contributed by atoms with E-state index in [4.69, 9.17) is 5.73 Å². The third-order valence-corrected chi connectivity index (χ3v) is 4.97. The lowest BCUT2D eigenvalue weighted by atomic mass is 9.82. The number of rotatable bonds is 5. The van der Waals surface area contributed by atoms with E-state index in [0.29, 0.717) is 13.1 Å². The Kier molecular flexibility index (Phi) is 5.12. The molecule has 0 amide bonds. The van der Waals surface area contributed by atoms with Gasteiger partial charge < -0.3 is 5.73 Å². The zero-order valence-electron chi connectivity index (χ0n) is 12.1. The van der Waals surface area contributed by atoms with Crippen LogP contribution in [0.4, 0.5) is 0 Å². The summed E-state index contributed by atoms with van der Waals surface area (Å²) in [6.45, 7) is 9.19. The first-order valence-electron chi connectivity index (χ1n) is 6.45. The van der Waals surface area contributed by atoms with Gasteiger partial charge in [-0.05, 0) is 29.0 Å². The van der Waals surface area contributed by atoms with Gasteiger partial charge >= 0.3 is 0 Å². The molecule has 0 saturated heterocycles. The van der Waals surface area contributed by atoms with Crippen molar-refractivity contribution in [3.05, 3.63) is 29.8 Å². The highest BCUT2D eigenvalue weighted by Gasteiger charge is 2.22. The van der Waals surface area contributed by atoms with Gasteiger partial charge in [0.05, 0.1) is 4.90 Å². The van der Waals surface area contributed by atoms with Crippen molar-refractivity contribution in [2.24, 2.45) is 17.1 Å².